The van der Waals surface area contributed by atoms with Crippen molar-refractivity contribution in [3.8, 4) is 0 Å². The maximum absolute atomic E-state index is 12.2. The molecule has 5 nitrogen and oxygen atoms in total. The highest BCUT2D eigenvalue weighted by Crippen LogP contribution is 2.23. The minimum Gasteiger partial charge on any atom is -0.478 e. The molecule has 5 heteroatoms. The van der Waals surface area contributed by atoms with Gasteiger partial charge in [0.1, 0.15) is 5.69 Å². The Morgan fingerprint density at radius 2 is 1.96 bits per heavy atom. The van der Waals surface area contributed by atoms with E-state index in [1.165, 1.54) is 18.3 Å². The zero-order valence-corrected chi connectivity index (χ0v) is 13.5. The van der Waals surface area contributed by atoms with Crippen LogP contribution in [0.15, 0.2) is 42.6 Å². The van der Waals surface area contributed by atoms with E-state index in [9.17, 15) is 9.59 Å². The third-order valence-corrected chi connectivity index (χ3v) is 3.73. The van der Waals surface area contributed by atoms with Crippen molar-refractivity contribution in [3.63, 3.8) is 0 Å². The van der Waals surface area contributed by atoms with Gasteiger partial charge < -0.3 is 10.4 Å². The molecule has 23 heavy (non-hydrogen) atoms. The van der Waals surface area contributed by atoms with Crippen molar-refractivity contribution < 1.29 is 14.7 Å². The molecule has 1 aromatic heterocycles. The summed E-state index contributed by atoms with van der Waals surface area (Å²) in [5.41, 5.74) is 2.20. The van der Waals surface area contributed by atoms with Crippen molar-refractivity contribution >= 4 is 11.9 Å². The van der Waals surface area contributed by atoms with Crippen LogP contribution in [0, 0.1) is 6.92 Å². The van der Waals surface area contributed by atoms with Crippen LogP contribution in [0.2, 0.25) is 0 Å². The van der Waals surface area contributed by atoms with Crippen LogP contribution in [-0.2, 0) is 5.41 Å². The number of carbonyl (C=O) groups excluding carboxylic acids is 1. The van der Waals surface area contributed by atoms with E-state index < -0.39 is 5.97 Å². The third kappa shape index (κ3) is 4.16. The Bertz CT molecular complexity index is 739. The molecule has 0 saturated carbocycles. The van der Waals surface area contributed by atoms with Crippen LogP contribution in [0.1, 0.15) is 45.8 Å². The number of aryl methyl sites for hydroxylation is 1. The lowest BCUT2D eigenvalue weighted by atomic mass is 9.84. The van der Waals surface area contributed by atoms with Gasteiger partial charge in [-0.25, -0.2) is 4.79 Å². The number of amides is 1. The van der Waals surface area contributed by atoms with Crippen molar-refractivity contribution in [3.05, 3.63) is 65.0 Å². The first-order valence-electron chi connectivity index (χ1n) is 7.34. The van der Waals surface area contributed by atoms with Crippen molar-refractivity contribution in [2.24, 2.45) is 0 Å². The molecule has 0 fully saturated rings. The highest BCUT2D eigenvalue weighted by Gasteiger charge is 2.22. The largest absolute Gasteiger partial charge is 0.478 e. The predicted octanol–water partition coefficient (Wildman–Crippen LogP) is 2.80. The Balaban J connectivity index is 2.09. The molecule has 0 aliphatic rings. The number of nitrogens with zero attached hydrogens (tertiary/aromatic N) is 1. The van der Waals surface area contributed by atoms with Crippen LogP contribution in [0.25, 0.3) is 0 Å². The van der Waals surface area contributed by atoms with Gasteiger partial charge in [0, 0.05) is 18.2 Å². The molecule has 1 aromatic carbocycles. The van der Waals surface area contributed by atoms with Gasteiger partial charge in [0.15, 0.2) is 0 Å². The molecule has 0 spiro atoms. The van der Waals surface area contributed by atoms with E-state index in [4.69, 9.17) is 5.11 Å². The summed E-state index contributed by atoms with van der Waals surface area (Å²) in [5.74, 6) is -1.46. The van der Waals surface area contributed by atoms with Crippen molar-refractivity contribution in [1.82, 2.24) is 10.3 Å². The van der Waals surface area contributed by atoms with Gasteiger partial charge in [-0.15, -0.1) is 0 Å². The van der Waals surface area contributed by atoms with E-state index in [0.717, 1.165) is 11.1 Å². The summed E-state index contributed by atoms with van der Waals surface area (Å²) >= 11 is 0. The predicted molar refractivity (Wildman–Crippen MR) is 87.7 cm³/mol. The number of hydrogen-bond donors (Lipinski definition) is 2. The molecule has 0 bridgehead atoms. The number of aromatic carboxylic acids is 1. The molecule has 0 aliphatic carbocycles. The fraction of sp³-hybridized carbons (Fsp3) is 0.278. The van der Waals surface area contributed by atoms with Crippen LogP contribution < -0.4 is 5.32 Å². The summed E-state index contributed by atoms with van der Waals surface area (Å²) < 4.78 is 0. The van der Waals surface area contributed by atoms with E-state index >= 15 is 0 Å². The number of carbonyl (C=O) groups is 2. The Morgan fingerprint density at radius 1 is 1.22 bits per heavy atom. The molecular formula is C18H20N2O3. The van der Waals surface area contributed by atoms with E-state index in [1.807, 2.05) is 39.0 Å². The number of nitrogens with one attached hydrogen (secondary N) is 1. The lowest BCUT2D eigenvalue weighted by molar-refractivity contribution is 0.0696. The second kappa shape index (κ2) is 6.60. The van der Waals surface area contributed by atoms with Gasteiger partial charge in [0.05, 0.1) is 5.56 Å². The molecule has 2 N–H and O–H groups in total. The molecule has 0 saturated heterocycles. The van der Waals surface area contributed by atoms with Gasteiger partial charge in [-0.1, -0.05) is 43.7 Å². The van der Waals surface area contributed by atoms with Crippen molar-refractivity contribution in [1.29, 1.82) is 0 Å². The van der Waals surface area contributed by atoms with Gasteiger partial charge in [0.25, 0.3) is 5.91 Å². The van der Waals surface area contributed by atoms with Crippen LogP contribution >= 0.6 is 0 Å². The number of carboxylic acids is 1. The Hall–Kier alpha value is -2.69. The van der Waals surface area contributed by atoms with E-state index in [2.05, 4.69) is 16.4 Å². The van der Waals surface area contributed by atoms with Gasteiger partial charge in [-0.05, 0) is 24.6 Å². The summed E-state index contributed by atoms with van der Waals surface area (Å²) in [6.45, 7) is 6.54. The van der Waals surface area contributed by atoms with Gasteiger partial charge in [-0.2, -0.15) is 0 Å². The number of pyridine rings is 1. The summed E-state index contributed by atoms with van der Waals surface area (Å²) in [7, 11) is 0. The number of benzene rings is 1. The molecule has 2 rings (SSSR count). The molecule has 0 atom stereocenters. The first kappa shape index (κ1) is 16.7. The monoisotopic (exact) mass is 312 g/mol. The minimum absolute atomic E-state index is 0.0445. The Morgan fingerprint density at radius 3 is 2.61 bits per heavy atom. The maximum Gasteiger partial charge on any atom is 0.335 e. The zero-order chi connectivity index (χ0) is 17.0. The molecule has 0 aliphatic heterocycles. The zero-order valence-electron chi connectivity index (χ0n) is 13.5. The molecular weight excluding hydrogens is 292 g/mol. The van der Waals surface area contributed by atoms with Gasteiger partial charge >= 0.3 is 5.97 Å². The average Bonchev–Trinajstić information content (AvgIpc) is 2.53. The fourth-order valence-corrected chi connectivity index (χ4v) is 2.25. The first-order valence-corrected chi connectivity index (χ1v) is 7.34. The first-order chi connectivity index (χ1) is 10.8. The standard InChI is InChI=1S/C18H20N2O3/c1-12-5-4-6-14(9-12)18(2,3)11-20-16(21)15-10-13(17(22)23)7-8-19-15/h4-10H,11H2,1-3H3,(H,20,21)(H,22,23). The average molecular weight is 312 g/mol. The van der Waals surface area contributed by atoms with Crippen LogP contribution in [0.3, 0.4) is 0 Å². The maximum atomic E-state index is 12.2. The van der Waals surface area contributed by atoms with Gasteiger partial charge in [0.2, 0.25) is 0 Å². The summed E-state index contributed by atoms with van der Waals surface area (Å²) in [6, 6.07) is 10.8. The molecule has 0 radical (unpaired) electrons. The van der Waals surface area contributed by atoms with Crippen LogP contribution in [0.5, 0.6) is 0 Å². The SMILES string of the molecule is Cc1cccc(C(C)(C)CNC(=O)c2cc(C(=O)O)ccn2)c1. The molecule has 2 aromatic rings. The second-order valence-corrected chi connectivity index (χ2v) is 6.17. The lowest BCUT2D eigenvalue weighted by Crippen LogP contribution is -2.37. The Kier molecular flexibility index (Phi) is 4.79. The van der Waals surface area contributed by atoms with E-state index in [-0.39, 0.29) is 22.6 Å². The molecule has 120 valence electrons. The Labute approximate surface area is 135 Å². The lowest BCUT2D eigenvalue weighted by Gasteiger charge is -2.26. The fourth-order valence-electron chi connectivity index (χ4n) is 2.25. The third-order valence-electron chi connectivity index (χ3n) is 3.73. The topological polar surface area (TPSA) is 79.3 Å². The second-order valence-electron chi connectivity index (χ2n) is 6.17. The highest BCUT2D eigenvalue weighted by atomic mass is 16.4. The van der Waals surface area contributed by atoms with Crippen LogP contribution in [0.4, 0.5) is 0 Å². The van der Waals surface area contributed by atoms with Crippen molar-refractivity contribution in [2.75, 3.05) is 6.54 Å². The number of rotatable bonds is 5. The smallest absolute Gasteiger partial charge is 0.335 e. The quantitative estimate of drug-likeness (QED) is 0.889. The number of carboxylic acid groups (broad SMARTS) is 1. The number of hydrogen-bond acceptors (Lipinski definition) is 3. The molecule has 0 unspecified atom stereocenters. The summed E-state index contributed by atoms with van der Waals surface area (Å²) in [5, 5.41) is 11.8. The van der Waals surface area contributed by atoms with Crippen molar-refractivity contribution in [2.45, 2.75) is 26.2 Å². The molecule has 1 amide bonds. The summed E-state index contributed by atoms with van der Waals surface area (Å²) in [6.07, 6.45) is 1.32. The van der Waals surface area contributed by atoms with Crippen LogP contribution in [-0.4, -0.2) is 28.5 Å². The van der Waals surface area contributed by atoms with E-state index in [0.29, 0.717) is 6.54 Å². The minimum atomic E-state index is -1.08. The number of aromatic nitrogens is 1. The normalized spacial score (nSPS) is 11.1. The van der Waals surface area contributed by atoms with E-state index in [1.54, 1.807) is 0 Å². The molecule has 1 heterocycles. The highest BCUT2D eigenvalue weighted by molar-refractivity contribution is 5.95. The summed E-state index contributed by atoms with van der Waals surface area (Å²) in [4.78, 5) is 27.1. The van der Waals surface area contributed by atoms with Gasteiger partial charge in [-0.3, -0.25) is 9.78 Å².